The van der Waals surface area contributed by atoms with Gasteiger partial charge in [0.25, 0.3) is 0 Å². The van der Waals surface area contributed by atoms with Crippen LogP contribution in [0.4, 0.5) is 0 Å². The Kier molecular flexibility index (Phi) is 6.03. The van der Waals surface area contributed by atoms with Gasteiger partial charge in [0.2, 0.25) is 0 Å². The Balaban J connectivity index is 3.49. The van der Waals surface area contributed by atoms with Crippen LogP contribution in [0, 0.1) is 0 Å². The van der Waals surface area contributed by atoms with E-state index in [4.69, 9.17) is 0 Å². The van der Waals surface area contributed by atoms with E-state index in [1.165, 1.54) is 13.0 Å². The van der Waals surface area contributed by atoms with Crippen LogP contribution in [0.15, 0.2) is 11.1 Å². The Bertz CT molecular complexity index is 101. The Morgan fingerprint density at radius 1 is 1.50 bits per heavy atom. The summed E-state index contributed by atoms with van der Waals surface area (Å²) in [5.74, 6) is 0. The van der Waals surface area contributed by atoms with Crippen LogP contribution in [-0.2, 0) is 0 Å². The van der Waals surface area contributed by atoms with Gasteiger partial charge in [-0.1, -0.05) is 36.4 Å². The van der Waals surface area contributed by atoms with Crippen molar-refractivity contribution in [2.24, 2.45) is 0 Å². The van der Waals surface area contributed by atoms with Crippen LogP contribution in [0.2, 0.25) is 0 Å². The molecule has 2 heteroatoms. The van der Waals surface area contributed by atoms with E-state index in [-0.39, 0.29) is 0 Å². The van der Waals surface area contributed by atoms with Crippen LogP contribution in [-0.4, -0.2) is 24.5 Å². The van der Waals surface area contributed by atoms with Gasteiger partial charge in [0, 0.05) is 11.0 Å². The molecule has 0 aromatic rings. The number of hydrogen-bond donors (Lipinski definition) is 0. The van der Waals surface area contributed by atoms with Gasteiger partial charge >= 0.3 is 0 Å². The van der Waals surface area contributed by atoms with E-state index in [0.29, 0.717) is 0 Å². The fourth-order valence-electron chi connectivity index (χ4n) is 0.908. The smallest absolute Gasteiger partial charge is 0.0293 e. The van der Waals surface area contributed by atoms with Crippen LogP contribution in [0.25, 0.3) is 0 Å². The van der Waals surface area contributed by atoms with E-state index < -0.39 is 0 Å². The lowest BCUT2D eigenvalue weighted by Gasteiger charge is -2.18. The molecule has 0 amide bonds. The minimum absolute atomic E-state index is 0.977. The maximum absolute atomic E-state index is 3.80. The molecule has 0 spiro atoms. The van der Waals surface area contributed by atoms with Gasteiger partial charge in [0.1, 0.15) is 0 Å². The molecular formula is C8H16BrN. The molecule has 1 nitrogen and oxygen atoms in total. The molecule has 0 aliphatic heterocycles. The number of hydrogen-bond acceptors (Lipinski definition) is 1. The largest absolute Gasteiger partial charge is 0.299 e. The summed E-state index contributed by atoms with van der Waals surface area (Å²) in [5.41, 5.74) is 0. The van der Waals surface area contributed by atoms with Crippen LogP contribution >= 0.6 is 15.9 Å². The van der Waals surface area contributed by atoms with Gasteiger partial charge in [0.05, 0.1) is 0 Å². The summed E-state index contributed by atoms with van der Waals surface area (Å²) in [7, 11) is 0. The van der Waals surface area contributed by atoms with Crippen molar-refractivity contribution in [2.45, 2.75) is 20.3 Å². The predicted molar refractivity (Wildman–Crippen MR) is 50.5 cm³/mol. The molecule has 0 fully saturated rings. The zero-order chi connectivity index (χ0) is 7.98. The van der Waals surface area contributed by atoms with Crippen molar-refractivity contribution in [3.63, 3.8) is 0 Å². The lowest BCUT2D eigenvalue weighted by atomic mass is 10.4. The van der Waals surface area contributed by atoms with Crippen LogP contribution in [0.3, 0.4) is 0 Å². The standard InChI is InChI=1S/C8H16BrN/c1-4-6-10(5-2)7-8(3)9/h3-7H2,1-2H3. The maximum atomic E-state index is 3.80. The van der Waals surface area contributed by atoms with Crippen LogP contribution < -0.4 is 0 Å². The molecule has 0 N–H and O–H groups in total. The Morgan fingerprint density at radius 3 is 2.40 bits per heavy atom. The van der Waals surface area contributed by atoms with Gasteiger partial charge in [-0.2, -0.15) is 0 Å². The van der Waals surface area contributed by atoms with Gasteiger partial charge in [-0.25, -0.2) is 0 Å². The maximum Gasteiger partial charge on any atom is 0.0293 e. The summed E-state index contributed by atoms with van der Waals surface area (Å²) in [6.45, 7) is 11.4. The van der Waals surface area contributed by atoms with Gasteiger partial charge in [0.15, 0.2) is 0 Å². The highest BCUT2D eigenvalue weighted by atomic mass is 79.9. The fraction of sp³-hybridized carbons (Fsp3) is 0.750. The summed E-state index contributed by atoms with van der Waals surface area (Å²) < 4.78 is 1.07. The minimum atomic E-state index is 0.977. The Labute approximate surface area is 72.2 Å². The second-order valence-corrected chi connectivity index (χ2v) is 3.51. The fourth-order valence-corrected chi connectivity index (χ4v) is 1.26. The average molecular weight is 206 g/mol. The molecule has 0 aromatic carbocycles. The van der Waals surface area contributed by atoms with E-state index in [1.807, 2.05) is 0 Å². The molecule has 0 atom stereocenters. The quantitative estimate of drug-likeness (QED) is 0.668. The Hall–Kier alpha value is 0.180. The summed E-state index contributed by atoms with van der Waals surface area (Å²) in [6, 6.07) is 0. The normalized spacial score (nSPS) is 10.4. The van der Waals surface area contributed by atoms with Crippen molar-refractivity contribution in [3.8, 4) is 0 Å². The van der Waals surface area contributed by atoms with Crippen molar-refractivity contribution in [1.29, 1.82) is 0 Å². The highest BCUT2D eigenvalue weighted by Crippen LogP contribution is 2.03. The zero-order valence-electron chi connectivity index (χ0n) is 6.86. The van der Waals surface area contributed by atoms with Gasteiger partial charge in [-0.05, 0) is 19.5 Å². The minimum Gasteiger partial charge on any atom is -0.299 e. The Morgan fingerprint density at radius 2 is 2.10 bits per heavy atom. The van der Waals surface area contributed by atoms with E-state index >= 15 is 0 Å². The molecule has 0 radical (unpaired) electrons. The summed E-state index contributed by atoms with van der Waals surface area (Å²) in [6.07, 6.45) is 1.22. The molecular weight excluding hydrogens is 190 g/mol. The van der Waals surface area contributed by atoms with Crippen molar-refractivity contribution in [3.05, 3.63) is 11.1 Å². The first-order valence-electron chi connectivity index (χ1n) is 3.76. The van der Waals surface area contributed by atoms with E-state index in [9.17, 15) is 0 Å². The molecule has 0 aliphatic carbocycles. The second-order valence-electron chi connectivity index (χ2n) is 2.39. The molecule has 0 unspecified atom stereocenters. The monoisotopic (exact) mass is 205 g/mol. The van der Waals surface area contributed by atoms with Crippen molar-refractivity contribution in [1.82, 2.24) is 4.90 Å². The third kappa shape index (κ3) is 5.00. The SMILES string of the molecule is C=C(Br)CN(CC)CCC. The van der Waals surface area contributed by atoms with E-state index in [0.717, 1.165) is 17.6 Å². The molecule has 10 heavy (non-hydrogen) atoms. The molecule has 0 heterocycles. The van der Waals surface area contributed by atoms with E-state index in [1.54, 1.807) is 0 Å². The summed E-state index contributed by atoms with van der Waals surface area (Å²) in [5, 5.41) is 0. The van der Waals surface area contributed by atoms with Gasteiger partial charge in [-0.3, -0.25) is 4.90 Å². The van der Waals surface area contributed by atoms with Crippen molar-refractivity contribution in [2.75, 3.05) is 19.6 Å². The van der Waals surface area contributed by atoms with Crippen molar-refractivity contribution >= 4 is 15.9 Å². The third-order valence-corrected chi connectivity index (χ3v) is 1.63. The topological polar surface area (TPSA) is 3.24 Å². The predicted octanol–water partition coefficient (Wildman–Crippen LogP) is 2.63. The first-order chi connectivity index (χ1) is 4.70. The number of halogens is 1. The first kappa shape index (κ1) is 10.2. The summed E-state index contributed by atoms with van der Waals surface area (Å²) in [4.78, 5) is 2.36. The van der Waals surface area contributed by atoms with E-state index in [2.05, 4.69) is 41.3 Å². The van der Waals surface area contributed by atoms with Crippen LogP contribution in [0.5, 0.6) is 0 Å². The lowest BCUT2D eigenvalue weighted by molar-refractivity contribution is 0.318. The summed E-state index contributed by atoms with van der Waals surface area (Å²) >= 11 is 3.35. The first-order valence-corrected chi connectivity index (χ1v) is 4.55. The second kappa shape index (κ2) is 5.93. The molecule has 0 saturated heterocycles. The molecule has 0 rings (SSSR count). The van der Waals surface area contributed by atoms with Crippen LogP contribution in [0.1, 0.15) is 20.3 Å². The third-order valence-electron chi connectivity index (χ3n) is 1.38. The number of rotatable bonds is 5. The lowest BCUT2D eigenvalue weighted by Crippen LogP contribution is -2.25. The highest BCUT2D eigenvalue weighted by Gasteiger charge is 1.99. The molecule has 0 saturated carbocycles. The molecule has 0 aromatic heterocycles. The zero-order valence-corrected chi connectivity index (χ0v) is 8.45. The average Bonchev–Trinajstić information content (AvgIpc) is 1.86. The molecule has 60 valence electrons. The molecule has 0 aliphatic rings. The highest BCUT2D eigenvalue weighted by molar-refractivity contribution is 9.11. The molecule has 0 bridgehead atoms. The number of nitrogens with zero attached hydrogens (tertiary/aromatic N) is 1. The van der Waals surface area contributed by atoms with Crippen molar-refractivity contribution < 1.29 is 0 Å². The number of likely N-dealkylation sites (N-methyl/N-ethyl adjacent to an activating group) is 1. The van der Waals surface area contributed by atoms with Gasteiger partial charge in [-0.15, -0.1) is 0 Å². The van der Waals surface area contributed by atoms with Gasteiger partial charge < -0.3 is 0 Å².